The second-order valence-electron chi connectivity index (χ2n) is 3.81. The number of hydrogen-bond donors (Lipinski definition) is 2. The SMILES string of the molecule is CC.CNOC(=O)C1(O)CCC(C)CC1. The van der Waals surface area contributed by atoms with Crippen molar-refractivity contribution >= 4 is 5.97 Å². The number of rotatable bonds is 2. The van der Waals surface area contributed by atoms with E-state index in [4.69, 9.17) is 0 Å². The van der Waals surface area contributed by atoms with E-state index < -0.39 is 11.6 Å². The molecule has 0 atom stereocenters. The molecule has 0 aliphatic heterocycles. The standard InChI is InChI=1S/C9H17NO3.C2H6/c1-7-3-5-9(12,6-4-7)8(11)13-10-2;1-2/h7,10,12H,3-6H2,1-2H3;1-2H3. The second kappa shape index (κ2) is 6.80. The Hall–Kier alpha value is -0.610. The van der Waals surface area contributed by atoms with Gasteiger partial charge in [0.05, 0.1) is 0 Å². The van der Waals surface area contributed by atoms with Gasteiger partial charge < -0.3 is 9.94 Å². The molecule has 0 amide bonds. The van der Waals surface area contributed by atoms with E-state index in [2.05, 4.69) is 17.2 Å². The Morgan fingerprint density at radius 3 is 2.27 bits per heavy atom. The highest BCUT2D eigenvalue weighted by Gasteiger charge is 2.40. The third-order valence-electron chi connectivity index (χ3n) is 2.68. The van der Waals surface area contributed by atoms with Gasteiger partial charge in [0.2, 0.25) is 0 Å². The second-order valence-corrected chi connectivity index (χ2v) is 3.81. The molecule has 0 heterocycles. The molecule has 0 spiro atoms. The first-order chi connectivity index (χ1) is 7.08. The van der Waals surface area contributed by atoms with Crippen LogP contribution in [0.1, 0.15) is 46.5 Å². The molecule has 90 valence electrons. The summed E-state index contributed by atoms with van der Waals surface area (Å²) in [5, 5.41) is 9.87. The third kappa shape index (κ3) is 4.18. The molecule has 0 unspecified atom stereocenters. The van der Waals surface area contributed by atoms with Crippen molar-refractivity contribution < 1.29 is 14.7 Å². The van der Waals surface area contributed by atoms with Gasteiger partial charge in [-0.05, 0) is 31.6 Å². The topological polar surface area (TPSA) is 58.6 Å². The highest BCUT2D eigenvalue weighted by Crippen LogP contribution is 2.32. The summed E-state index contributed by atoms with van der Waals surface area (Å²) in [5.74, 6) is 0.0459. The predicted octanol–water partition coefficient (Wildman–Crippen LogP) is 1.63. The molecule has 4 heteroatoms. The van der Waals surface area contributed by atoms with Crippen LogP contribution in [0, 0.1) is 5.92 Å². The van der Waals surface area contributed by atoms with E-state index >= 15 is 0 Å². The molecule has 2 N–H and O–H groups in total. The van der Waals surface area contributed by atoms with Crippen LogP contribution in [0.4, 0.5) is 0 Å². The van der Waals surface area contributed by atoms with Crippen LogP contribution in [0.25, 0.3) is 0 Å². The molecule has 0 bridgehead atoms. The van der Waals surface area contributed by atoms with E-state index in [0.29, 0.717) is 18.8 Å². The van der Waals surface area contributed by atoms with Gasteiger partial charge in [-0.25, -0.2) is 4.79 Å². The minimum absolute atomic E-state index is 0.509. The fourth-order valence-corrected chi connectivity index (χ4v) is 1.63. The summed E-state index contributed by atoms with van der Waals surface area (Å²) in [6.07, 6.45) is 2.79. The van der Waals surface area contributed by atoms with Crippen LogP contribution in [0.2, 0.25) is 0 Å². The molecular formula is C11H23NO3. The van der Waals surface area contributed by atoms with E-state index in [9.17, 15) is 9.90 Å². The Kier molecular flexibility index (Phi) is 6.52. The number of nitrogens with one attached hydrogen (secondary N) is 1. The van der Waals surface area contributed by atoms with Crippen molar-refractivity contribution in [3.8, 4) is 0 Å². The van der Waals surface area contributed by atoms with Crippen LogP contribution in [0.3, 0.4) is 0 Å². The van der Waals surface area contributed by atoms with Gasteiger partial charge in [0.15, 0.2) is 5.60 Å². The van der Waals surface area contributed by atoms with E-state index in [1.54, 1.807) is 0 Å². The van der Waals surface area contributed by atoms with Gasteiger partial charge in [-0.15, -0.1) is 0 Å². The average molecular weight is 217 g/mol. The number of hydroxylamine groups is 1. The van der Waals surface area contributed by atoms with Crippen molar-refractivity contribution in [1.82, 2.24) is 5.48 Å². The molecule has 1 aliphatic rings. The minimum atomic E-state index is -1.25. The van der Waals surface area contributed by atoms with Gasteiger partial charge >= 0.3 is 5.97 Å². The van der Waals surface area contributed by atoms with Gasteiger partial charge in [-0.2, -0.15) is 5.48 Å². The maximum absolute atomic E-state index is 11.3. The summed E-state index contributed by atoms with van der Waals surface area (Å²) in [4.78, 5) is 15.9. The highest BCUT2D eigenvalue weighted by molar-refractivity contribution is 5.79. The smallest absolute Gasteiger partial charge is 0.356 e. The zero-order chi connectivity index (χ0) is 11.9. The summed E-state index contributed by atoms with van der Waals surface area (Å²) in [5.41, 5.74) is 1.04. The Balaban J connectivity index is 0.000000921. The van der Waals surface area contributed by atoms with Crippen molar-refractivity contribution in [3.63, 3.8) is 0 Å². The summed E-state index contributed by atoms with van der Waals surface area (Å²) in [6.45, 7) is 6.13. The molecule has 1 rings (SSSR count). The largest absolute Gasteiger partial charge is 0.378 e. The molecule has 0 saturated heterocycles. The monoisotopic (exact) mass is 217 g/mol. The van der Waals surface area contributed by atoms with Crippen LogP contribution in [-0.4, -0.2) is 23.7 Å². The van der Waals surface area contributed by atoms with E-state index in [-0.39, 0.29) is 0 Å². The van der Waals surface area contributed by atoms with Crippen LogP contribution >= 0.6 is 0 Å². The van der Waals surface area contributed by atoms with Crippen molar-refractivity contribution in [1.29, 1.82) is 0 Å². The lowest BCUT2D eigenvalue weighted by Gasteiger charge is -2.32. The van der Waals surface area contributed by atoms with Crippen LogP contribution < -0.4 is 5.48 Å². The number of carbonyl (C=O) groups excluding carboxylic acids is 1. The Morgan fingerprint density at radius 2 is 1.87 bits per heavy atom. The average Bonchev–Trinajstić information content (AvgIpc) is 2.26. The lowest BCUT2D eigenvalue weighted by Crippen LogP contribution is -2.44. The zero-order valence-corrected chi connectivity index (χ0v) is 10.2. The van der Waals surface area contributed by atoms with Gasteiger partial charge in [0.25, 0.3) is 0 Å². The normalized spacial score (nSPS) is 30.1. The van der Waals surface area contributed by atoms with Crippen LogP contribution in [-0.2, 0) is 9.63 Å². The van der Waals surface area contributed by atoms with Crippen molar-refractivity contribution in [2.45, 2.75) is 52.1 Å². The first-order valence-corrected chi connectivity index (χ1v) is 5.69. The first-order valence-electron chi connectivity index (χ1n) is 5.69. The minimum Gasteiger partial charge on any atom is -0.378 e. The summed E-state index contributed by atoms with van der Waals surface area (Å²) in [7, 11) is 1.51. The van der Waals surface area contributed by atoms with E-state index in [0.717, 1.165) is 12.8 Å². The molecule has 1 fully saturated rings. The maximum atomic E-state index is 11.3. The van der Waals surface area contributed by atoms with Crippen molar-refractivity contribution in [3.05, 3.63) is 0 Å². The summed E-state index contributed by atoms with van der Waals surface area (Å²) >= 11 is 0. The van der Waals surface area contributed by atoms with Crippen molar-refractivity contribution in [2.24, 2.45) is 5.92 Å². The lowest BCUT2D eigenvalue weighted by molar-refractivity contribution is -0.176. The highest BCUT2D eigenvalue weighted by atomic mass is 16.7. The van der Waals surface area contributed by atoms with Crippen LogP contribution in [0.15, 0.2) is 0 Å². The lowest BCUT2D eigenvalue weighted by atomic mass is 9.80. The van der Waals surface area contributed by atoms with Crippen LogP contribution in [0.5, 0.6) is 0 Å². The fraction of sp³-hybridized carbons (Fsp3) is 0.909. The fourth-order valence-electron chi connectivity index (χ4n) is 1.63. The number of carbonyl (C=O) groups is 1. The molecule has 0 radical (unpaired) electrons. The third-order valence-corrected chi connectivity index (χ3v) is 2.68. The Bertz CT molecular complexity index is 186. The molecular weight excluding hydrogens is 194 g/mol. The molecule has 0 aromatic heterocycles. The van der Waals surface area contributed by atoms with E-state index in [1.165, 1.54) is 7.05 Å². The maximum Gasteiger partial charge on any atom is 0.356 e. The molecule has 4 nitrogen and oxygen atoms in total. The number of hydrogen-bond acceptors (Lipinski definition) is 4. The molecule has 0 aromatic carbocycles. The van der Waals surface area contributed by atoms with Gasteiger partial charge in [0.1, 0.15) is 0 Å². The predicted molar refractivity (Wildman–Crippen MR) is 59.1 cm³/mol. The van der Waals surface area contributed by atoms with Gasteiger partial charge in [0, 0.05) is 7.05 Å². The van der Waals surface area contributed by atoms with Crippen molar-refractivity contribution in [2.75, 3.05) is 7.05 Å². The Labute approximate surface area is 92.0 Å². The summed E-state index contributed by atoms with van der Waals surface area (Å²) in [6, 6.07) is 0. The quantitative estimate of drug-likeness (QED) is 0.690. The van der Waals surface area contributed by atoms with E-state index in [1.807, 2.05) is 13.8 Å². The molecule has 0 aromatic rings. The number of aliphatic hydroxyl groups is 1. The van der Waals surface area contributed by atoms with Gasteiger partial charge in [-0.3, -0.25) is 0 Å². The first kappa shape index (κ1) is 14.4. The van der Waals surface area contributed by atoms with Gasteiger partial charge in [-0.1, -0.05) is 20.8 Å². The summed E-state index contributed by atoms with van der Waals surface area (Å²) < 4.78 is 0. The molecule has 1 saturated carbocycles. The molecule has 15 heavy (non-hydrogen) atoms. The Morgan fingerprint density at radius 1 is 1.40 bits per heavy atom. The molecule has 1 aliphatic carbocycles. The zero-order valence-electron chi connectivity index (χ0n) is 10.2.